The fourth-order valence-corrected chi connectivity index (χ4v) is 20.6. The summed E-state index contributed by atoms with van der Waals surface area (Å²) < 4.78 is 29.5. The number of amides is 12. The third-order valence-corrected chi connectivity index (χ3v) is 29.3. The first-order chi connectivity index (χ1) is 64.5. The monoisotopic (exact) mass is 1960 g/mol. The van der Waals surface area contributed by atoms with Crippen molar-refractivity contribution in [3.63, 3.8) is 0 Å². The van der Waals surface area contributed by atoms with E-state index in [1.54, 1.807) is 101 Å². The number of rotatable bonds is 32. The number of esters is 1. The predicted octanol–water partition coefficient (Wildman–Crippen LogP) is 6.89. The van der Waals surface area contributed by atoms with Crippen molar-refractivity contribution in [1.82, 2.24) is 57.4 Å². The molecule has 0 spiro atoms. The molecule has 7 aromatic rings. The number of anilines is 1. The van der Waals surface area contributed by atoms with Gasteiger partial charge in [0.1, 0.15) is 94.8 Å². The van der Waals surface area contributed by atoms with Crippen molar-refractivity contribution in [1.29, 1.82) is 0 Å². The maximum atomic E-state index is 15.5. The van der Waals surface area contributed by atoms with Crippen LogP contribution in [0.1, 0.15) is 114 Å². The van der Waals surface area contributed by atoms with Gasteiger partial charge in [-0.15, -0.1) is 0 Å². The molecule has 10 rings (SSSR count). The Morgan fingerprint density at radius 2 is 1.35 bits per heavy atom. The molecule has 16 atom stereocenters. The lowest BCUT2D eigenvalue weighted by Gasteiger charge is -2.30. The number of halogens is 1. The molecule has 18 N–H and O–H groups in total. The van der Waals surface area contributed by atoms with E-state index in [-0.39, 0.29) is 91.7 Å². The van der Waals surface area contributed by atoms with Gasteiger partial charge in [-0.2, -0.15) is 0 Å². The van der Waals surface area contributed by atoms with Crippen LogP contribution in [0.3, 0.4) is 0 Å². The second-order valence-corrected chi connectivity index (χ2v) is 40.0. The van der Waals surface area contributed by atoms with Gasteiger partial charge in [-0.3, -0.25) is 52.7 Å². The first kappa shape index (κ1) is 106. The molecular formula is C95H122ClN15O20S4. The standard InChI is InChI=1S/C95H122ClN15O20S4/c1-52(2)83-92(124)108-72(90(122)104-67(85(98)117)44-59-48-100-64-26-16-14-24-62(59)64)51-135-134-50-71(91(123)105-69(41-57-30-32-61(112)33-31-57)88(120)106-70(45-60-49-101-65-27-17-15-25-63(60)65)89(121)103-66(86(118)109-83)28-18-19-36-97)107-87(119)68(40-56-22-12-11-13-23-56)102-79(114)34-37-132-133-38-35-80(115)110(7)55(5)93(125)130-78-47-81(116)111(8)73-42-58(43-77(128-10)82(73)96)39-53(3)21-20-29-75(127-9)74(113)46-76(129-94(99)126)54(4)84-95(78,6)131-84/h11-17,20-27,29-33,42-43,48-49,52,54-55,66-72,74-76,78,83-84,100-101,112-113H,18-19,28,34-41,44-47,50-51,97H2,1-10H3,(H2,98,117)(H2,99,126)(H,102,114)(H,103,121)(H,104,122)(H,105,123)(H,106,120)(H,107,119)(H,108,124)(H,109,118)/b29-20+,53-21+/t54-,55+,66+,67+,68-,69+,70-,71+,72+,74?,75-,76+,78+,83+,84+,95+/m1/s1. The number of phenols is 1. The lowest BCUT2D eigenvalue weighted by molar-refractivity contribution is -0.162. The molecule has 3 aliphatic heterocycles. The lowest BCUT2D eigenvalue weighted by atomic mass is 9.85. The van der Waals surface area contributed by atoms with Crippen LogP contribution in [0.15, 0.2) is 151 Å². The molecule has 0 aliphatic carbocycles. The number of aromatic amines is 2. The molecule has 2 bridgehead atoms. The molecule has 0 saturated carbocycles. The number of fused-ring (bicyclic) bond motifs is 5. The van der Waals surface area contributed by atoms with Gasteiger partial charge in [0.05, 0.1) is 31.4 Å². The number of likely N-dealkylation sites (N-methyl/N-ethyl adjacent to an activating group) is 1. The molecule has 1 unspecified atom stereocenters. The smallest absolute Gasteiger partial charge is 0.404 e. The second-order valence-electron chi connectivity index (χ2n) is 34.3. The number of carbonyl (C=O) groups excluding carboxylic acids is 13. The van der Waals surface area contributed by atoms with Gasteiger partial charge in [0, 0.05) is 129 Å². The summed E-state index contributed by atoms with van der Waals surface area (Å²) in [5.41, 5.74) is 21.8. The summed E-state index contributed by atoms with van der Waals surface area (Å²) in [7, 11) is 10.3. The van der Waals surface area contributed by atoms with Crippen LogP contribution >= 0.6 is 54.8 Å². The highest BCUT2D eigenvalue weighted by Crippen LogP contribution is 2.49. The first-order valence-corrected chi connectivity index (χ1v) is 49.9. The highest BCUT2D eigenvalue weighted by Gasteiger charge is 2.64. The normalized spacial score (nSPS) is 23.9. The number of methoxy groups -OCH3 is 2. The number of hydrogen-bond acceptors (Lipinski definition) is 25. The summed E-state index contributed by atoms with van der Waals surface area (Å²) in [6.07, 6.45) is 1.81. The van der Waals surface area contributed by atoms with Crippen LogP contribution in [0.25, 0.3) is 21.8 Å². The minimum Gasteiger partial charge on any atom is -0.508 e. The van der Waals surface area contributed by atoms with Crippen molar-refractivity contribution in [3.8, 4) is 11.5 Å². The van der Waals surface area contributed by atoms with E-state index >= 15 is 19.2 Å². The topological polar surface area (TPSA) is 524 Å². The predicted molar refractivity (Wildman–Crippen MR) is 520 cm³/mol. The van der Waals surface area contributed by atoms with E-state index in [1.807, 2.05) is 55.5 Å². The molecule has 12 amide bonds. The Bertz CT molecular complexity index is 5400. The van der Waals surface area contributed by atoms with Gasteiger partial charge < -0.3 is 113 Å². The van der Waals surface area contributed by atoms with Gasteiger partial charge in [-0.1, -0.05) is 178 Å². The zero-order chi connectivity index (χ0) is 97.9. The van der Waals surface area contributed by atoms with Crippen LogP contribution in [-0.2, 0) is 109 Å². The summed E-state index contributed by atoms with van der Waals surface area (Å²) in [4.78, 5) is 198. The molecule has 728 valence electrons. The number of hydrogen-bond donors (Lipinski definition) is 15. The minimum absolute atomic E-state index is 0.0161. The number of nitrogens with zero attached hydrogens (tertiary/aromatic N) is 2. The van der Waals surface area contributed by atoms with Crippen molar-refractivity contribution >= 4 is 159 Å². The van der Waals surface area contributed by atoms with Crippen molar-refractivity contribution in [2.75, 3.05) is 62.8 Å². The lowest BCUT2D eigenvalue weighted by Crippen LogP contribution is -2.62. The van der Waals surface area contributed by atoms with E-state index in [0.717, 1.165) is 43.6 Å². The number of epoxide rings is 1. The number of unbranched alkanes of at least 4 members (excludes halogenated alkanes) is 1. The average molecular weight is 1960 g/mol. The summed E-state index contributed by atoms with van der Waals surface area (Å²) in [6.45, 7) is 10.3. The molecular weight excluding hydrogens is 1830 g/mol. The van der Waals surface area contributed by atoms with E-state index in [2.05, 4.69) is 52.5 Å². The van der Waals surface area contributed by atoms with Crippen molar-refractivity contribution in [3.05, 3.63) is 184 Å². The fourth-order valence-electron chi connectivity index (χ4n) is 16.0. The highest BCUT2D eigenvalue weighted by molar-refractivity contribution is 8.77. The van der Waals surface area contributed by atoms with Crippen LogP contribution in [0, 0.1) is 11.8 Å². The van der Waals surface area contributed by atoms with Gasteiger partial charge in [0.25, 0.3) is 0 Å². The molecule has 5 aromatic carbocycles. The van der Waals surface area contributed by atoms with E-state index in [4.69, 9.17) is 52.5 Å². The Hall–Kier alpha value is -11.3. The van der Waals surface area contributed by atoms with Gasteiger partial charge >= 0.3 is 12.1 Å². The van der Waals surface area contributed by atoms with Gasteiger partial charge in [0.2, 0.25) is 65.0 Å². The van der Waals surface area contributed by atoms with Gasteiger partial charge in [-0.05, 0) is 123 Å². The van der Waals surface area contributed by atoms with Gasteiger partial charge in [-0.25, -0.2) is 9.59 Å². The molecule has 0 radical (unpaired) electrons. The van der Waals surface area contributed by atoms with Crippen LogP contribution in [0.2, 0.25) is 5.02 Å². The number of primary amides is 2. The Labute approximate surface area is 804 Å². The van der Waals surface area contributed by atoms with Crippen LogP contribution in [0.4, 0.5) is 10.5 Å². The zero-order valence-electron chi connectivity index (χ0n) is 77.0. The number of aromatic hydroxyl groups is 1. The first-order valence-electron chi connectivity index (χ1n) is 44.6. The Kier molecular flexibility index (Phi) is 39.6. The summed E-state index contributed by atoms with van der Waals surface area (Å²) in [6, 6.07) is 19.9. The van der Waals surface area contributed by atoms with Crippen molar-refractivity contribution in [2.45, 2.75) is 209 Å². The molecule has 3 aliphatic rings. The molecule has 5 heterocycles. The van der Waals surface area contributed by atoms with Gasteiger partial charge in [0.15, 0.2) is 0 Å². The molecule has 40 heteroatoms. The van der Waals surface area contributed by atoms with E-state index in [0.29, 0.717) is 63.9 Å². The zero-order valence-corrected chi connectivity index (χ0v) is 81.0. The number of nitrogens with two attached hydrogens (primary N) is 3. The van der Waals surface area contributed by atoms with E-state index in [9.17, 15) is 53.4 Å². The largest absolute Gasteiger partial charge is 0.508 e. The van der Waals surface area contributed by atoms with E-state index in [1.165, 1.54) is 90.9 Å². The summed E-state index contributed by atoms with van der Waals surface area (Å²) in [5.74, 6) is -10.8. The molecule has 35 nitrogen and oxygen atoms in total. The van der Waals surface area contributed by atoms with Crippen LogP contribution in [0.5, 0.6) is 11.5 Å². The Balaban J connectivity index is 0.862. The van der Waals surface area contributed by atoms with E-state index < -0.39 is 186 Å². The number of carbonyl (C=O) groups is 13. The molecule has 2 aromatic heterocycles. The van der Waals surface area contributed by atoms with Crippen molar-refractivity contribution in [2.24, 2.45) is 29.0 Å². The number of aliphatic hydroxyl groups is 1. The molecule has 135 heavy (non-hydrogen) atoms. The minimum atomic E-state index is -1.59. The summed E-state index contributed by atoms with van der Waals surface area (Å²) >= 11 is 6.91. The number of H-pyrrole nitrogens is 2. The average Bonchev–Trinajstić information content (AvgIpc) is 1.57. The second kappa shape index (κ2) is 50.5. The number of aliphatic hydroxyl groups excluding tert-OH is 1. The maximum absolute atomic E-state index is 15.5. The maximum Gasteiger partial charge on any atom is 0.404 e. The summed E-state index contributed by atoms with van der Waals surface area (Å²) in [5, 5.41) is 46.1. The molecule has 2 saturated heterocycles. The molecule has 2 fully saturated rings. The Morgan fingerprint density at radius 1 is 0.726 bits per heavy atom. The third kappa shape index (κ3) is 29.9. The fraction of sp³-hybridized carbons (Fsp3) is 0.463. The van der Waals surface area contributed by atoms with Crippen molar-refractivity contribution < 1.29 is 96.2 Å². The highest BCUT2D eigenvalue weighted by atomic mass is 35.5. The SMILES string of the molecule is COc1cc2cc(c1Cl)N(C)C(=O)C[C@H](OC(=O)[C@H](C)N(C)C(=O)CCSSCCC(=O)N[C@H](Cc1ccccc1)C(=O)N[C@H]1CSSC[C@@H](C(=O)N[C@@H](Cc3c[nH]c4ccccc34)C(N)=O)NC(=O)[C@H](C(C)C)NC(=O)[C@H](CCCCN)NC(=O)[C@@H](Cc3c[nH]c4ccccc34)NC(=O)[C@H](Cc3ccc(O)cc3)NC1=O)[C@]1(C)O[C@H]1[C@H](C)[C@@H](OC(N)=O)CC(O)[C@H](OC)/C=C/C=C(\C)C2. The Morgan fingerprint density at radius 3 is 2.00 bits per heavy atom. The number of allylic oxidation sites excluding steroid dienone is 3. The number of phenolic OH excluding ortho intramolecular Hbond substituents is 1. The number of aromatic nitrogens is 2. The number of benzene rings is 5. The van der Waals surface area contributed by atoms with Crippen LogP contribution < -0.4 is 69.4 Å². The number of para-hydroxylation sites is 2. The number of ether oxygens (including phenoxy) is 5. The number of nitrogens with one attached hydrogen (secondary N) is 10. The van der Waals surface area contributed by atoms with Crippen LogP contribution in [-0.4, -0.2) is 250 Å². The quantitative estimate of drug-likeness (QED) is 0.00883. The third-order valence-electron chi connectivity index (χ3n) is 24.1.